The molecule has 0 unspecified atom stereocenters. The molecule has 0 fully saturated rings. The first-order valence-electron chi connectivity index (χ1n) is 4.66. The molecular weight excluding hydrogens is 234 g/mol. The fraction of sp³-hybridized carbons (Fsp3) is 0.556. The third-order valence-electron chi connectivity index (χ3n) is 2.02. The van der Waals surface area contributed by atoms with Gasteiger partial charge >= 0.3 is 0 Å². The predicted octanol–water partition coefficient (Wildman–Crippen LogP) is 2.61. The number of aromatic nitrogens is 1. The Morgan fingerprint density at radius 1 is 1.53 bits per heavy atom. The molecule has 15 heavy (non-hydrogen) atoms. The van der Waals surface area contributed by atoms with E-state index in [4.69, 9.17) is 11.6 Å². The second-order valence-electron chi connectivity index (χ2n) is 2.87. The van der Waals surface area contributed by atoms with Gasteiger partial charge in [-0.05, 0) is 13.1 Å². The van der Waals surface area contributed by atoms with Crippen LogP contribution in [0, 0.1) is 0 Å². The molecule has 0 atom stereocenters. The van der Waals surface area contributed by atoms with Gasteiger partial charge in [0.25, 0.3) is 0 Å². The number of rotatable bonds is 5. The minimum atomic E-state index is 0.277. The summed E-state index contributed by atoms with van der Waals surface area (Å²) in [4.78, 5) is 19.9. The Morgan fingerprint density at radius 2 is 2.20 bits per heavy atom. The van der Waals surface area contributed by atoms with Crippen molar-refractivity contribution in [2.75, 3.05) is 13.1 Å². The van der Waals surface area contributed by atoms with Gasteiger partial charge in [-0.2, -0.15) is 0 Å². The minimum absolute atomic E-state index is 0.277. The number of halogens is 1. The maximum atomic E-state index is 10.1. The SMILES string of the molecule is CCN(CC)Cc1nc(N=C=O)c(Cl)s1. The van der Waals surface area contributed by atoms with Crippen LogP contribution in [-0.2, 0) is 11.3 Å². The number of nitrogens with zero attached hydrogens (tertiary/aromatic N) is 3. The lowest BCUT2D eigenvalue weighted by Gasteiger charge is -2.15. The lowest BCUT2D eigenvalue weighted by atomic mass is 10.5. The van der Waals surface area contributed by atoms with E-state index in [1.807, 2.05) is 0 Å². The molecule has 0 saturated carbocycles. The molecule has 0 spiro atoms. The van der Waals surface area contributed by atoms with Crippen LogP contribution in [-0.4, -0.2) is 29.1 Å². The van der Waals surface area contributed by atoms with Crippen molar-refractivity contribution in [3.63, 3.8) is 0 Å². The smallest absolute Gasteiger partial charge is 0.242 e. The summed E-state index contributed by atoms with van der Waals surface area (Å²) in [5.41, 5.74) is 0. The van der Waals surface area contributed by atoms with Gasteiger partial charge in [0, 0.05) is 0 Å². The number of hydrogen-bond donors (Lipinski definition) is 0. The third kappa shape index (κ3) is 3.39. The van der Waals surface area contributed by atoms with Crippen LogP contribution in [0.3, 0.4) is 0 Å². The first-order chi connectivity index (χ1) is 7.21. The van der Waals surface area contributed by atoms with Crippen LogP contribution in [0.25, 0.3) is 0 Å². The van der Waals surface area contributed by atoms with Gasteiger partial charge in [-0.1, -0.05) is 25.4 Å². The average Bonchev–Trinajstić information content (AvgIpc) is 2.57. The Labute approximate surface area is 97.6 Å². The van der Waals surface area contributed by atoms with E-state index >= 15 is 0 Å². The molecule has 0 aliphatic heterocycles. The molecule has 1 aromatic rings. The highest BCUT2D eigenvalue weighted by atomic mass is 35.5. The van der Waals surface area contributed by atoms with E-state index in [9.17, 15) is 4.79 Å². The first kappa shape index (κ1) is 12.3. The Hall–Kier alpha value is -0.740. The molecule has 0 amide bonds. The Bertz CT molecular complexity index is 369. The van der Waals surface area contributed by atoms with Crippen LogP contribution >= 0.6 is 22.9 Å². The molecule has 1 aromatic heterocycles. The Balaban J connectivity index is 2.78. The van der Waals surface area contributed by atoms with Crippen LogP contribution in [0.15, 0.2) is 4.99 Å². The van der Waals surface area contributed by atoms with Gasteiger partial charge in [-0.15, -0.1) is 16.3 Å². The van der Waals surface area contributed by atoms with Crippen LogP contribution < -0.4 is 0 Å². The van der Waals surface area contributed by atoms with Crippen LogP contribution in [0.1, 0.15) is 18.9 Å². The van der Waals surface area contributed by atoms with Gasteiger partial charge < -0.3 is 0 Å². The normalized spacial score (nSPS) is 10.4. The highest BCUT2D eigenvalue weighted by Gasteiger charge is 2.10. The maximum Gasteiger partial charge on any atom is 0.242 e. The van der Waals surface area contributed by atoms with Crippen molar-refractivity contribution in [3.8, 4) is 0 Å². The minimum Gasteiger partial charge on any atom is -0.297 e. The van der Waals surface area contributed by atoms with Crippen molar-refractivity contribution >= 4 is 34.8 Å². The summed E-state index contributed by atoms with van der Waals surface area (Å²) in [7, 11) is 0. The van der Waals surface area contributed by atoms with Crippen LogP contribution in [0.5, 0.6) is 0 Å². The lowest BCUT2D eigenvalue weighted by molar-refractivity contribution is 0.295. The van der Waals surface area contributed by atoms with Crippen molar-refractivity contribution in [1.82, 2.24) is 9.88 Å². The number of hydrogen-bond acceptors (Lipinski definition) is 5. The zero-order valence-corrected chi connectivity index (χ0v) is 10.2. The average molecular weight is 246 g/mol. The standard InChI is InChI=1S/C9H12ClN3OS/c1-3-13(4-2)5-7-12-9(11-6-14)8(10)15-7/h3-5H2,1-2H3. The highest BCUT2D eigenvalue weighted by Crippen LogP contribution is 2.30. The molecule has 0 N–H and O–H groups in total. The van der Waals surface area contributed by atoms with Gasteiger partial charge in [-0.3, -0.25) is 4.90 Å². The molecule has 0 radical (unpaired) electrons. The first-order valence-corrected chi connectivity index (χ1v) is 5.86. The maximum absolute atomic E-state index is 10.1. The van der Waals surface area contributed by atoms with Crippen molar-refractivity contribution in [3.05, 3.63) is 9.34 Å². The number of carbonyl (C=O) groups excluding carboxylic acids is 1. The topological polar surface area (TPSA) is 45.6 Å². The molecule has 0 bridgehead atoms. The largest absolute Gasteiger partial charge is 0.297 e. The molecule has 0 saturated heterocycles. The van der Waals surface area contributed by atoms with E-state index in [1.54, 1.807) is 0 Å². The molecule has 4 nitrogen and oxygen atoms in total. The van der Waals surface area contributed by atoms with Gasteiger partial charge in [0.05, 0.1) is 6.54 Å². The number of thiazole rings is 1. The summed E-state index contributed by atoms with van der Waals surface area (Å²) in [6.07, 6.45) is 1.44. The second kappa shape index (κ2) is 5.98. The molecule has 6 heteroatoms. The molecule has 1 heterocycles. The summed E-state index contributed by atoms with van der Waals surface area (Å²) in [6, 6.07) is 0. The third-order valence-corrected chi connectivity index (χ3v) is 3.24. The lowest BCUT2D eigenvalue weighted by Crippen LogP contribution is -2.21. The van der Waals surface area contributed by atoms with Gasteiger partial charge in [0.15, 0.2) is 5.82 Å². The Kier molecular flexibility index (Phi) is 4.91. The van der Waals surface area contributed by atoms with E-state index in [-0.39, 0.29) is 5.82 Å². The molecule has 1 rings (SSSR count). The molecule has 82 valence electrons. The van der Waals surface area contributed by atoms with E-state index in [2.05, 4.69) is 28.7 Å². The fourth-order valence-corrected chi connectivity index (χ4v) is 2.27. The summed E-state index contributed by atoms with van der Waals surface area (Å²) < 4.78 is 0.445. The zero-order chi connectivity index (χ0) is 11.3. The van der Waals surface area contributed by atoms with Gasteiger partial charge in [-0.25, -0.2) is 9.78 Å². The summed E-state index contributed by atoms with van der Waals surface area (Å²) >= 11 is 7.21. The van der Waals surface area contributed by atoms with Crippen LogP contribution in [0.2, 0.25) is 4.34 Å². The van der Waals surface area contributed by atoms with Gasteiger partial charge in [0.1, 0.15) is 9.34 Å². The van der Waals surface area contributed by atoms with E-state index in [1.165, 1.54) is 17.4 Å². The fourth-order valence-electron chi connectivity index (χ4n) is 1.15. The van der Waals surface area contributed by atoms with E-state index in [0.29, 0.717) is 4.34 Å². The summed E-state index contributed by atoms with van der Waals surface area (Å²) in [5.74, 6) is 0.277. The van der Waals surface area contributed by atoms with Crippen molar-refractivity contribution < 1.29 is 4.79 Å². The zero-order valence-electron chi connectivity index (χ0n) is 8.66. The molecule has 0 aliphatic carbocycles. The molecule has 0 aromatic carbocycles. The number of aliphatic imine (C=N–C) groups is 1. The Morgan fingerprint density at radius 3 is 2.73 bits per heavy atom. The number of isocyanates is 1. The molecule has 0 aliphatic rings. The summed E-state index contributed by atoms with van der Waals surface area (Å²) in [5, 5.41) is 0.873. The van der Waals surface area contributed by atoms with Gasteiger partial charge in [0.2, 0.25) is 6.08 Å². The van der Waals surface area contributed by atoms with Crippen molar-refractivity contribution in [2.24, 2.45) is 4.99 Å². The van der Waals surface area contributed by atoms with Crippen LogP contribution in [0.4, 0.5) is 5.82 Å². The second-order valence-corrected chi connectivity index (χ2v) is 4.56. The summed E-state index contributed by atoms with van der Waals surface area (Å²) in [6.45, 7) is 6.83. The highest BCUT2D eigenvalue weighted by molar-refractivity contribution is 7.16. The molecular formula is C9H12ClN3OS. The van der Waals surface area contributed by atoms with E-state index < -0.39 is 0 Å². The predicted molar refractivity (Wildman–Crippen MR) is 61.5 cm³/mol. The quantitative estimate of drug-likeness (QED) is 0.592. The van der Waals surface area contributed by atoms with Crippen molar-refractivity contribution in [2.45, 2.75) is 20.4 Å². The van der Waals surface area contributed by atoms with Crippen molar-refractivity contribution in [1.29, 1.82) is 0 Å². The monoisotopic (exact) mass is 245 g/mol. The van der Waals surface area contributed by atoms with E-state index in [0.717, 1.165) is 24.6 Å².